The van der Waals surface area contributed by atoms with Crippen molar-refractivity contribution in [3.63, 3.8) is 0 Å². The molecule has 0 aliphatic carbocycles. The van der Waals surface area contributed by atoms with Gasteiger partial charge in [-0.3, -0.25) is 5.32 Å². The summed E-state index contributed by atoms with van der Waals surface area (Å²) < 4.78 is 5.16. The lowest BCUT2D eigenvalue weighted by molar-refractivity contribution is 0.0635. The van der Waals surface area contributed by atoms with Crippen molar-refractivity contribution in [1.82, 2.24) is 4.98 Å². The molecule has 5 nitrogen and oxygen atoms in total. The Morgan fingerprint density at radius 1 is 1.37 bits per heavy atom. The summed E-state index contributed by atoms with van der Waals surface area (Å²) in [7, 11) is 0. The lowest BCUT2D eigenvalue weighted by Crippen LogP contribution is -2.27. The number of amides is 1. The Morgan fingerprint density at radius 3 is 2.74 bits per heavy atom. The maximum atomic E-state index is 11.6. The maximum absolute atomic E-state index is 11.6. The summed E-state index contributed by atoms with van der Waals surface area (Å²) in [6, 6.07) is 5.46. The average Bonchev–Trinajstić information content (AvgIpc) is 2.27. The van der Waals surface area contributed by atoms with Crippen molar-refractivity contribution in [3.8, 4) is 0 Å². The molecule has 0 fully saturated rings. The molecule has 0 saturated heterocycles. The molecule has 0 unspecified atom stereocenters. The number of anilines is 1. The number of aromatic nitrogens is 1. The number of aliphatic hydroxyl groups is 1. The Labute approximate surface area is 114 Å². The standard InChI is InChI=1S/C14H22N2O3/c1-14(2,3)19-13(18)16-12-9-6-8-11(15-12)7-4-5-10-17/h6,8-9,17H,4-5,7,10H2,1-3H3,(H,15,16,18). The number of hydrogen-bond acceptors (Lipinski definition) is 4. The van der Waals surface area contributed by atoms with Gasteiger partial charge in [-0.15, -0.1) is 0 Å². The van der Waals surface area contributed by atoms with Gasteiger partial charge < -0.3 is 9.84 Å². The minimum absolute atomic E-state index is 0.190. The maximum Gasteiger partial charge on any atom is 0.413 e. The zero-order valence-electron chi connectivity index (χ0n) is 11.8. The van der Waals surface area contributed by atoms with Crippen LogP contribution in [0, 0.1) is 0 Å². The molecule has 1 rings (SSSR count). The fourth-order valence-corrected chi connectivity index (χ4v) is 1.51. The van der Waals surface area contributed by atoms with Gasteiger partial charge in [-0.25, -0.2) is 9.78 Å². The third-order valence-corrected chi connectivity index (χ3v) is 2.28. The Kier molecular flexibility index (Phi) is 5.76. The molecule has 0 aromatic carbocycles. The van der Waals surface area contributed by atoms with E-state index >= 15 is 0 Å². The van der Waals surface area contributed by atoms with Gasteiger partial charge in [0.05, 0.1) is 0 Å². The Hall–Kier alpha value is -1.62. The van der Waals surface area contributed by atoms with Crippen molar-refractivity contribution in [3.05, 3.63) is 23.9 Å². The first-order chi connectivity index (χ1) is 8.90. The summed E-state index contributed by atoms with van der Waals surface area (Å²) in [5.74, 6) is 0.482. The first kappa shape index (κ1) is 15.4. The van der Waals surface area contributed by atoms with Gasteiger partial charge in [0.2, 0.25) is 0 Å². The molecular weight excluding hydrogens is 244 g/mol. The third-order valence-electron chi connectivity index (χ3n) is 2.28. The molecule has 1 aromatic heterocycles. The lowest BCUT2D eigenvalue weighted by Gasteiger charge is -2.19. The summed E-state index contributed by atoms with van der Waals surface area (Å²) in [5.41, 5.74) is 0.366. The van der Waals surface area contributed by atoms with Crippen molar-refractivity contribution >= 4 is 11.9 Å². The van der Waals surface area contributed by atoms with Crippen molar-refractivity contribution in [2.45, 2.75) is 45.6 Å². The van der Waals surface area contributed by atoms with Crippen LogP contribution in [-0.4, -0.2) is 28.4 Å². The molecule has 1 aromatic rings. The van der Waals surface area contributed by atoms with E-state index in [1.807, 2.05) is 32.9 Å². The van der Waals surface area contributed by atoms with Gasteiger partial charge in [-0.2, -0.15) is 0 Å². The molecule has 0 atom stereocenters. The molecule has 1 amide bonds. The monoisotopic (exact) mass is 266 g/mol. The number of aliphatic hydroxyl groups excluding tert-OH is 1. The van der Waals surface area contributed by atoms with Crippen LogP contribution in [0.3, 0.4) is 0 Å². The highest BCUT2D eigenvalue weighted by Crippen LogP contribution is 2.11. The van der Waals surface area contributed by atoms with Crippen LogP contribution in [0.1, 0.15) is 39.3 Å². The molecule has 0 spiro atoms. The number of ether oxygens (including phenoxy) is 1. The van der Waals surface area contributed by atoms with Crippen LogP contribution < -0.4 is 5.32 Å². The van der Waals surface area contributed by atoms with Crippen LogP contribution in [0.2, 0.25) is 0 Å². The van der Waals surface area contributed by atoms with Crippen molar-refractivity contribution < 1.29 is 14.6 Å². The summed E-state index contributed by atoms with van der Waals surface area (Å²) in [6.07, 6.45) is 1.90. The average molecular weight is 266 g/mol. The largest absolute Gasteiger partial charge is 0.444 e. The van der Waals surface area contributed by atoms with E-state index in [2.05, 4.69) is 10.3 Å². The highest BCUT2D eigenvalue weighted by molar-refractivity contribution is 5.83. The minimum atomic E-state index is -0.525. The summed E-state index contributed by atoms with van der Waals surface area (Å²) in [4.78, 5) is 15.9. The Bertz CT molecular complexity index is 413. The van der Waals surface area contributed by atoms with Gasteiger partial charge in [0.15, 0.2) is 0 Å². The molecule has 106 valence electrons. The smallest absolute Gasteiger partial charge is 0.413 e. The van der Waals surface area contributed by atoms with E-state index in [1.165, 1.54) is 0 Å². The summed E-state index contributed by atoms with van der Waals surface area (Å²) >= 11 is 0. The third kappa shape index (κ3) is 6.76. The number of aryl methyl sites for hydroxylation is 1. The molecule has 19 heavy (non-hydrogen) atoms. The summed E-state index contributed by atoms with van der Waals surface area (Å²) in [5, 5.41) is 11.3. The van der Waals surface area contributed by atoms with Crippen LogP contribution in [0.4, 0.5) is 10.6 Å². The predicted molar refractivity (Wildman–Crippen MR) is 74.1 cm³/mol. The molecule has 1 heterocycles. The number of rotatable bonds is 5. The zero-order valence-corrected chi connectivity index (χ0v) is 11.8. The molecule has 2 N–H and O–H groups in total. The highest BCUT2D eigenvalue weighted by Gasteiger charge is 2.16. The van der Waals surface area contributed by atoms with Gasteiger partial charge in [-0.05, 0) is 52.2 Å². The van der Waals surface area contributed by atoms with E-state index in [1.54, 1.807) is 6.07 Å². The number of hydrogen-bond donors (Lipinski definition) is 2. The van der Waals surface area contributed by atoms with Gasteiger partial charge in [-0.1, -0.05) is 6.07 Å². The van der Waals surface area contributed by atoms with Crippen molar-refractivity contribution in [2.24, 2.45) is 0 Å². The van der Waals surface area contributed by atoms with E-state index in [9.17, 15) is 4.79 Å². The lowest BCUT2D eigenvalue weighted by atomic mass is 10.2. The van der Waals surface area contributed by atoms with E-state index < -0.39 is 11.7 Å². The van der Waals surface area contributed by atoms with E-state index in [4.69, 9.17) is 9.84 Å². The predicted octanol–water partition coefficient (Wildman–Crippen LogP) is 2.74. The van der Waals surface area contributed by atoms with Gasteiger partial charge >= 0.3 is 6.09 Å². The first-order valence-corrected chi connectivity index (χ1v) is 6.47. The molecule has 5 heteroatoms. The van der Waals surface area contributed by atoms with Crippen LogP contribution in [0.5, 0.6) is 0 Å². The number of carbonyl (C=O) groups excluding carboxylic acids is 1. The summed E-state index contributed by atoms with van der Waals surface area (Å²) in [6.45, 7) is 5.62. The molecule has 0 aliphatic rings. The number of unbranched alkanes of at least 4 members (excludes halogenated alkanes) is 1. The minimum Gasteiger partial charge on any atom is -0.444 e. The number of pyridine rings is 1. The molecule has 0 saturated carbocycles. The fourth-order valence-electron chi connectivity index (χ4n) is 1.51. The second-order valence-corrected chi connectivity index (χ2v) is 5.32. The van der Waals surface area contributed by atoms with Crippen LogP contribution >= 0.6 is 0 Å². The van der Waals surface area contributed by atoms with Crippen LogP contribution in [0.25, 0.3) is 0 Å². The highest BCUT2D eigenvalue weighted by atomic mass is 16.6. The zero-order chi connectivity index (χ0) is 14.3. The Morgan fingerprint density at radius 2 is 2.11 bits per heavy atom. The van der Waals surface area contributed by atoms with Crippen molar-refractivity contribution in [2.75, 3.05) is 11.9 Å². The van der Waals surface area contributed by atoms with Gasteiger partial charge in [0.1, 0.15) is 11.4 Å². The Balaban J connectivity index is 2.54. The van der Waals surface area contributed by atoms with Gasteiger partial charge in [0.25, 0.3) is 0 Å². The molecular formula is C14H22N2O3. The van der Waals surface area contributed by atoms with E-state index in [0.29, 0.717) is 5.82 Å². The topological polar surface area (TPSA) is 71.5 Å². The first-order valence-electron chi connectivity index (χ1n) is 6.47. The fraction of sp³-hybridized carbons (Fsp3) is 0.571. The normalized spacial score (nSPS) is 11.2. The van der Waals surface area contributed by atoms with Gasteiger partial charge in [0, 0.05) is 12.3 Å². The SMILES string of the molecule is CC(C)(C)OC(=O)Nc1cccc(CCCCO)n1. The van der Waals surface area contributed by atoms with Crippen LogP contribution in [0.15, 0.2) is 18.2 Å². The van der Waals surface area contributed by atoms with Crippen molar-refractivity contribution in [1.29, 1.82) is 0 Å². The quantitative estimate of drug-likeness (QED) is 0.804. The van der Waals surface area contributed by atoms with E-state index in [0.717, 1.165) is 25.0 Å². The second kappa shape index (κ2) is 7.09. The van der Waals surface area contributed by atoms with E-state index in [-0.39, 0.29) is 6.61 Å². The number of nitrogens with zero attached hydrogens (tertiary/aromatic N) is 1. The second-order valence-electron chi connectivity index (χ2n) is 5.32. The molecule has 0 bridgehead atoms. The molecule has 0 radical (unpaired) electrons. The molecule has 0 aliphatic heterocycles. The number of nitrogens with one attached hydrogen (secondary N) is 1. The number of carbonyl (C=O) groups is 1. The van der Waals surface area contributed by atoms with Crippen LogP contribution in [-0.2, 0) is 11.2 Å².